The lowest BCUT2D eigenvalue weighted by molar-refractivity contribution is 0.621. The first kappa shape index (κ1) is 23.9. The number of halogens is 1. The highest BCUT2D eigenvalue weighted by Crippen LogP contribution is 2.26. The molecule has 164 valence electrons. The van der Waals surface area contributed by atoms with E-state index in [1.807, 2.05) is 39.0 Å². The third-order valence-corrected chi connectivity index (χ3v) is 4.82. The summed E-state index contributed by atoms with van der Waals surface area (Å²) < 4.78 is 14.3. The lowest BCUT2D eigenvalue weighted by atomic mass is 10.0. The van der Waals surface area contributed by atoms with Gasteiger partial charge in [0.05, 0.1) is 16.7 Å². The number of H-pyrrole nitrogens is 1. The Balaban J connectivity index is 0.00000166. The molecular weight excluding hydrogens is 387 g/mol. The van der Waals surface area contributed by atoms with Gasteiger partial charge in [-0.25, -0.2) is 9.37 Å². The summed E-state index contributed by atoms with van der Waals surface area (Å²) in [6.07, 6.45) is 3.79. The topological polar surface area (TPSA) is 52.7 Å². The van der Waals surface area contributed by atoms with E-state index in [0.29, 0.717) is 28.4 Å². The van der Waals surface area contributed by atoms with Crippen molar-refractivity contribution in [1.82, 2.24) is 20.6 Å². The molecular formula is C26H33FN4. The molecule has 0 unspecified atom stereocenters. The van der Waals surface area contributed by atoms with Gasteiger partial charge in [0.1, 0.15) is 11.6 Å². The second kappa shape index (κ2) is 11.2. The van der Waals surface area contributed by atoms with Crippen LogP contribution in [0.15, 0.2) is 61.5 Å². The van der Waals surface area contributed by atoms with Crippen LogP contribution >= 0.6 is 0 Å². The molecule has 3 N–H and O–H groups in total. The van der Waals surface area contributed by atoms with Crippen molar-refractivity contribution in [2.45, 2.75) is 40.5 Å². The van der Waals surface area contributed by atoms with Crippen LogP contribution in [-0.2, 0) is 6.42 Å². The maximum Gasteiger partial charge on any atom is 0.140 e. The smallest absolute Gasteiger partial charge is 0.140 e. The zero-order chi connectivity index (χ0) is 23.0. The highest BCUT2D eigenvalue weighted by atomic mass is 19.1. The quantitative estimate of drug-likeness (QED) is 0.374. The number of rotatable bonds is 8. The molecule has 0 aliphatic rings. The number of aromatic nitrogens is 2. The molecule has 4 nitrogen and oxygen atoms in total. The SMILES string of the molecule is C=C(/C(=C\NC)NC(=C)c1c(C)cccc1F)c1nc2c(CCC)cccc2[nH]1.CC. The Bertz CT molecular complexity index is 1070. The highest BCUT2D eigenvalue weighted by molar-refractivity contribution is 5.85. The van der Waals surface area contributed by atoms with Crippen LogP contribution < -0.4 is 10.6 Å². The normalized spacial score (nSPS) is 11.0. The van der Waals surface area contributed by atoms with E-state index in [0.717, 1.165) is 29.4 Å². The van der Waals surface area contributed by atoms with Gasteiger partial charge in [0.25, 0.3) is 0 Å². The average molecular weight is 421 g/mol. The van der Waals surface area contributed by atoms with Gasteiger partial charge < -0.3 is 15.6 Å². The van der Waals surface area contributed by atoms with E-state index in [-0.39, 0.29) is 5.82 Å². The van der Waals surface area contributed by atoms with Gasteiger partial charge in [0.2, 0.25) is 0 Å². The number of benzene rings is 2. The van der Waals surface area contributed by atoms with Gasteiger partial charge in [-0.15, -0.1) is 0 Å². The number of allylic oxidation sites excluding steroid dienone is 1. The highest BCUT2D eigenvalue weighted by Gasteiger charge is 2.16. The number of imidazole rings is 1. The van der Waals surface area contributed by atoms with Gasteiger partial charge in [0.15, 0.2) is 0 Å². The lowest BCUT2D eigenvalue weighted by Gasteiger charge is -2.16. The van der Waals surface area contributed by atoms with Crippen LogP contribution in [-0.4, -0.2) is 17.0 Å². The fourth-order valence-corrected chi connectivity index (χ4v) is 3.42. The van der Waals surface area contributed by atoms with E-state index < -0.39 is 0 Å². The van der Waals surface area contributed by atoms with Crippen LogP contribution in [0.4, 0.5) is 4.39 Å². The number of hydrogen-bond donors (Lipinski definition) is 3. The minimum atomic E-state index is -0.315. The van der Waals surface area contributed by atoms with Crippen molar-refractivity contribution in [3.8, 4) is 0 Å². The molecule has 0 saturated heterocycles. The second-order valence-corrected chi connectivity index (χ2v) is 7.01. The van der Waals surface area contributed by atoms with Gasteiger partial charge in [-0.1, -0.05) is 64.6 Å². The number of fused-ring (bicyclic) bond motifs is 1. The Morgan fingerprint density at radius 3 is 2.52 bits per heavy atom. The van der Waals surface area contributed by atoms with Crippen LogP contribution in [0.3, 0.4) is 0 Å². The summed E-state index contributed by atoms with van der Waals surface area (Å²) in [7, 11) is 1.80. The molecule has 0 amide bonds. The number of nitrogens with one attached hydrogen (secondary N) is 3. The molecule has 0 aliphatic heterocycles. The minimum absolute atomic E-state index is 0.315. The van der Waals surface area contributed by atoms with E-state index >= 15 is 0 Å². The summed E-state index contributed by atoms with van der Waals surface area (Å²) in [5.41, 5.74) is 6.19. The summed E-state index contributed by atoms with van der Waals surface area (Å²) >= 11 is 0. The lowest BCUT2D eigenvalue weighted by Crippen LogP contribution is -2.16. The monoisotopic (exact) mass is 420 g/mol. The molecule has 31 heavy (non-hydrogen) atoms. The van der Waals surface area contributed by atoms with Gasteiger partial charge in [-0.05, 0) is 36.6 Å². The number of nitrogens with zero attached hydrogens (tertiary/aromatic N) is 1. The van der Waals surface area contributed by atoms with Crippen molar-refractivity contribution in [3.05, 3.63) is 89.8 Å². The molecule has 2 aromatic carbocycles. The summed E-state index contributed by atoms with van der Waals surface area (Å²) in [5, 5.41) is 6.21. The van der Waals surface area contributed by atoms with E-state index in [4.69, 9.17) is 4.98 Å². The van der Waals surface area contributed by atoms with Crippen LogP contribution in [0.25, 0.3) is 22.3 Å². The largest absolute Gasteiger partial charge is 0.392 e. The zero-order valence-electron chi connectivity index (χ0n) is 19.2. The number of aryl methyl sites for hydroxylation is 2. The first-order valence-electron chi connectivity index (χ1n) is 10.7. The molecule has 0 radical (unpaired) electrons. The van der Waals surface area contributed by atoms with Gasteiger partial charge >= 0.3 is 0 Å². The Kier molecular flexibility index (Phi) is 8.62. The summed E-state index contributed by atoms with van der Waals surface area (Å²) in [6.45, 7) is 16.3. The fourth-order valence-electron chi connectivity index (χ4n) is 3.42. The van der Waals surface area contributed by atoms with E-state index in [2.05, 4.69) is 41.8 Å². The van der Waals surface area contributed by atoms with Gasteiger partial charge in [0, 0.05) is 30.1 Å². The standard InChI is InChI=1S/C24H27FN4.C2H6/c1-6-9-18-11-8-13-20-23(18)29-24(28-20)16(3)21(14-26-5)27-17(4)22-15(2)10-7-12-19(22)25;1-2/h7-8,10-14,26-27H,3-4,6,9H2,1-2,5H3,(H,28,29);1-2H3/b21-14+;. The maximum atomic E-state index is 14.3. The van der Waals surface area contributed by atoms with Crippen LogP contribution in [0.1, 0.15) is 49.7 Å². The van der Waals surface area contributed by atoms with E-state index in [1.54, 1.807) is 19.3 Å². The number of hydrogen-bond acceptors (Lipinski definition) is 3. The summed E-state index contributed by atoms with van der Waals surface area (Å²) in [4.78, 5) is 8.13. The summed E-state index contributed by atoms with van der Waals surface area (Å²) in [5.74, 6) is 0.348. The molecule has 0 saturated carbocycles. The Morgan fingerprint density at radius 1 is 1.16 bits per heavy atom. The molecule has 0 spiro atoms. The van der Waals surface area contributed by atoms with Crippen molar-refractivity contribution in [1.29, 1.82) is 0 Å². The van der Waals surface area contributed by atoms with Crippen molar-refractivity contribution in [3.63, 3.8) is 0 Å². The predicted octanol–water partition coefficient (Wildman–Crippen LogP) is 6.32. The van der Waals surface area contributed by atoms with Gasteiger partial charge in [-0.2, -0.15) is 0 Å². The zero-order valence-corrected chi connectivity index (χ0v) is 19.2. The van der Waals surface area contributed by atoms with E-state index in [1.165, 1.54) is 11.6 Å². The Morgan fingerprint density at radius 2 is 1.87 bits per heavy atom. The van der Waals surface area contributed by atoms with Crippen molar-refractivity contribution in [2.24, 2.45) is 0 Å². The maximum absolute atomic E-state index is 14.3. The first-order valence-corrected chi connectivity index (χ1v) is 10.7. The molecule has 0 aliphatic carbocycles. The molecule has 0 bridgehead atoms. The Hall–Kier alpha value is -3.34. The third kappa shape index (κ3) is 5.43. The number of aromatic amines is 1. The molecule has 0 atom stereocenters. The molecule has 3 rings (SSSR count). The van der Waals surface area contributed by atoms with Gasteiger partial charge in [-0.3, -0.25) is 0 Å². The average Bonchev–Trinajstić information content (AvgIpc) is 3.20. The van der Waals surface area contributed by atoms with E-state index in [9.17, 15) is 4.39 Å². The van der Waals surface area contributed by atoms with Crippen molar-refractivity contribution in [2.75, 3.05) is 7.05 Å². The molecule has 3 aromatic rings. The third-order valence-electron chi connectivity index (χ3n) is 4.82. The minimum Gasteiger partial charge on any atom is -0.392 e. The molecule has 5 heteroatoms. The summed E-state index contributed by atoms with van der Waals surface area (Å²) in [6, 6.07) is 11.1. The predicted molar refractivity (Wildman–Crippen MR) is 131 cm³/mol. The van der Waals surface area contributed by atoms with Crippen LogP contribution in [0, 0.1) is 12.7 Å². The molecule has 1 aromatic heterocycles. The number of para-hydroxylation sites is 1. The fraction of sp³-hybridized carbons (Fsp3) is 0.269. The first-order chi connectivity index (χ1) is 15.0. The van der Waals surface area contributed by atoms with Crippen LogP contribution in [0.5, 0.6) is 0 Å². The second-order valence-electron chi connectivity index (χ2n) is 7.01. The Labute approximate surface area is 185 Å². The van der Waals surface area contributed by atoms with Crippen molar-refractivity contribution < 1.29 is 4.39 Å². The van der Waals surface area contributed by atoms with Crippen LogP contribution in [0.2, 0.25) is 0 Å². The van der Waals surface area contributed by atoms with Crippen molar-refractivity contribution >= 4 is 22.3 Å². The molecule has 0 fully saturated rings. The molecule has 1 heterocycles.